The number of fused-ring (bicyclic) bond motifs is 1. The molecular formula is C19H22N2O4. The summed E-state index contributed by atoms with van der Waals surface area (Å²) in [4.78, 5) is 24.5. The van der Waals surface area contributed by atoms with Gasteiger partial charge in [0.25, 0.3) is 5.91 Å². The number of carbonyl (C=O) groups excluding carboxylic acids is 2. The highest BCUT2D eigenvalue weighted by atomic mass is 16.5. The molecule has 0 atom stereocenters. The first kappa shape index (κ1) is 17.2. The number of rotatable bonds is 4. The third-order valence-electron chi connectivity index (χ3n) is 4.09. The number of nitrogens with one attached hydrogen (secondary N) is 1. The van der Waals surface area contributed by atoms with E-state index in [1.807, 2.05) is 33.8 Å². The average molecular weight is 342 g/mol. The van der Waals surface area contributed by atoms with E-state index in [1.165, 1.54) is 0 Å². The van der Waals surface area contributed by atoms with Gasteiger partial charge in [0, 0.05) is 17.5 Å². The molecular weight excluding hydrogens is 320 g/mol. The van der Waals surface area contributed by atoms with E-state index in [4.69, 9.17) is 9.26 Å². The summed E-state index contributed by atoms with van der Waals surface area (Å²) in [6.45, 7) is 8.02. The van der Waals surface area contributed by atoms with Crippen molar-refractivity contribution in [3.05, 3.63) is 46.8 Å². The SMILES string of the molecule is CC(C)c1cc(CNC(=O)c2ccc3c(c2)OC(C)(C)CC3=O)no1. The molecule has 0 saturated carbocycles. The van der Waals surface area contributed by atoms with Gasteiger partial charge in [0.1, 0.15) is 22.8 Å². The number of amides is 1. The molecule has 1 aliphatic rings. The Bertz CT molecular complexity index is 821. The van der Waals surface area contributed by atoms with Crippen LogP contribution in [0.15, 0.2) is 28.8 Å². The highest BCUT2D eigenvalue weighted by Gasteiger charge is 2.32. The molecule has 6 heteroatoms. The fourth-order valence-electron chi connectivity index (χ4n) is 2.75. The van der Waals surface area contributed by atoms with Crippen molar-refractivity contribution in [2.45, 2.75) is 52.2 Å². The summed E-state index contributed by atoms with van der Waals surface area (Å²) in [7, 11) is 0. The second-order valence-corrected chi connectivity index (χ2v) is 7.23. The van der Waals surface area contributed by atoms with Crippen molar-refractivity contribution >= 4 is 11.7 Å². The summed E-state index contributed by atoms with van der Waals surface area (Å²) < 4.78 is 11.1. The zero-order chi connectivity index (χ0) is 18.2. The van der Waals surface area contributed by atoms with Crippen LogP contribution in [0.1, 0.15) is 72.2 Å². The van der Waals surface area contributed by atoms with Gasteiger partial charge in [-0.3, -0.25) is 9.59 Å². The topological polar surface area (TPSA) is 81.4 Å². The number of hydrogen-bond donors (Lipinski definition) is 1. The predicted octanol–water partition coefficient (Wildman–Crippen LogP) is 3.47. The smallest absolute Gasteiger partial charge is 0.251 e. The average Bonchev–Trinajstić information content (AvgIpc) is 3.00. The summed E-state index contributed by atoms with van der Waals surface area (Å²) in [5.41, 5.74) is 1.07. The Hall–Kier alpha value is -2.63. The largest absolute Gasteiger partial charge is 0.487 e. The van der Waals surface area contributed by atoms with Gasteiger partial charge in [0.15, 0.2) is 5.78 Å². The van der Waals surface area contributed by atoms with E-state index in [2.05, 4.69) is 10.5 Å². The van der Waals surface area contributed by atoms with E-state index in [1.54, 1.807) is 18.2 Å². The predicted molar refractivity (Wildman–Crippen MR) is 91.9 cm³/mol. The molecule has 0 spiro atoms. The van der Waals surface area contributed by atoms with Crippen molar-refractivity contribution in [3.8, 4) is 5.75 Å². The van der Waals surface area contributed by atoms with Crippen molar-refractivity contribution in [1.82, 2.24) is 10.5 Å². The maximum Gasteiger partial charge on any atom is 0.251 e. The van der Waals surface area contributed by atoms with Crippen LogP contribution in [0.25, 0.3) is 0 Å². The molecule has 0 bridgehead atoms. The molecule has 1 amide bonds. The molecule has 0 saturated heterocycles. The van der Waals surface area contributed by atoms with E-state index in [0.29, 0.717) is 29.0 Å². The zero-order valence-electron chi connectivity index (χ0n) is 14.9. The van der Waals surface area contributed by atoms with Crippen molar-refractivity contribution in [1.29, 1.82) is 0 Å². The molecule has 1 aromatic carbocycles. The number of carbonyl (C=O) groups is 2. The summed E-state index contributed by atoms with van der Waals surface area (Å²) in [5.74, 6) is 1.26. The summed E-state index contributed by atoms with van der Waals surface area (Å²) in [5, 5.41) is 6.75. The maximum atomic E-state index is 12.4. The zero-order valence-corrected chi connectivity index (χ0v) is 14.9. The lowest BCUT2D eigenvalue weighted by molar-refractivity contribution is 0.0617. The number of ether oxygens (including phenoxy) is 1. The van der Waals surface area contributed by atoms with Crippen LogP contribution in [0.4, 0.5) is 0 Å². The van der Waals surface area contributed by atoms with E-state index in [-0.39, 0.29) is 24.2 Å². The first-order chi connectivity index (χ1) is 11.7. The first-order valence-corrected chi connectivity index (χ1v) is 8.35. The van der Waals surface area contributed by atoms with Crippen LogP contribution >= 0.6 is 0 Å². The molecule has 2 heterocycles. The monoisotopic (exact) mass is 342 g/mol. The van der Waals surface area contributed by atoms with Crippen molar-refractivity contribution in [2.75, 3.05) is 0 Å². The van der Waals surface area contributed by atoms with Crippen molar-refractivity contribution in [2.24, 2.45) is 0 Å². The number of Topliss-reactive ketones (excluding diaryl/α,β-unsaturated/α-hetero) is 1. The van der Waals surface area contributed by atoms with Crippen LogP contribution in [0, 0.1) is 0 Å². The number of aromatic nitrogens is 1. The molecule has 0 radical (unpaired) electrons. The van der Waals surface area contributed by atoms with Gasteiger partial charge in [0.2, 0.25) is 0 Å². The first-order valence-electron chi connectivity index (χ1n) is 8.35. The number of ketones is 1. The molecule has 0 fully saturated rings. The van der Waals surface area contributed by atoms with E-state index in [9.17, 15) is 9.59 Å². The van der Waals surface area contributed by atoms with Gasteiger partial charge in [0.05, 0.1) is 18.5 Å². The molecule has 1 aromatic heterocycles. The van der Waals surface area contributed by atoms with Gasteiger partial charge in [-0.15, -0.1) is 0 Å². The summed E-state index contributed by atoms with van der Waals surface area (Å²) in [6, 6.07) is 6.73. The lowest BCUT2D eigenvalue weighted by Crippen LogP contribution is -2.36. The van der Waals surface area contributed by atoms with Crippen LogP contribution in [-0.2, 0) is 6.54 Å². The number of hydrogen-bond acceptors (Lipinski definition) is 5. The molecule has 1 N–H and O–H groups in total. The molecule has 0 unspecified atom stereocenters. The Morgan fingerprint density at radius 1 is 1.32 bits per heavy atom. The lowest BCUT2D eigenvalue weighted by Gasteiger charge is -2.31. The van der Waals surface area contributed by atoms with Gasteiger partial charge >= 0.3 is 0 Å². The van der Waals surface area contributed by atoms with Gasteiger partial charge < -0.3 is 14.6 Å². The minimum absolute atomic E-state index is 0.0296. The normalized spacial score (nSPS) is 15.6. The molecule has 0 aliphatic carbocycles. The highest BCUT2D eigenvalue weighted by Crippen LogP contribution is 2.33. The van der Waals surface area contributed by atoms with Gasteiger partial charge in [-0.25, -0.2) is 0 Å². The van der Waals surface area contributed by atoms with E-state index in [0.717, 1.165) is 5.76 Å². The van der Waals surface area contributed by atoms with Crippen LogP contribution in [-0.4, -0.2) is 22.4 Å². The number of benzene rings is 1. The Balaban J connectivity index is 1.71. The quantitative estimate of drug-likeness (QED) is 0.920. The second-order valence-electron chi connectivity index (χ2n) is 7.23. The maximum absolute atomic E-state index is 12.4. The van der Waals surface area contributed by atoms with Gasteiger partial charge in [-0.2, -0.15) is 0 Å². The van der Waals surface area contributed by atoms with Crippen molar-refractivity contribution < 1.29 is 18.8 Å². The molecule has 132 valence electrons. The fourth-order valence-corrected chi connectivity index (χ4v) is 2.75. The van der Waals surface area contributed by atoms with E-state index < -0.39 is 5.60 Å². The highest BCUT2D eigenvalue weighted by molar-refractivity contribution is 6.02. The van der Waals surface area contributed by atoms with Crippen molar-refractivity contribution in [3.63, 3.8) is 0 Å². The Morgan fingerprint density at radius 2 is 2.08 bits per heavy atom. The molecule has 25 heavy (non-hydrogen) atoms. The standard InChI is InChI=1S/C19H22N2O4/c1-11(2)16-8-13(21-25-16)10-20-18(23)12-5-6-14-15(22)9-19(3,4)24-17(14)7-12/h5-8,11H,9-10H2,1-4H3,(H,20,23). The molecule has 2 aromatic rings. The number of nitrogens with zero attached hydrogens (tertiary/aromatic N) is 1. The van der Waals surface area contributed by atoms with Crippen LogP contribution in [0.2, 0.25) is 0 Å². The summed E-state index contributed by atoms with van der Waals surface area (Å²) in [6.07, 6.45) is 0.329. The Labute approximate surface area is 146 Å². The minimum atomic E-state index is -0.562. The third kappa shape index (κ3) is 3.73. The second kappa shape index (κ2) is 6.35. The fraction of sp³-hybridized carbons (Fsp3) is 0.421. The minimum Gasteiger partial charge on any atom is -0.487 e. The molecule has 1 aliphatic heterocycles. The molecule has 3 rings (SSSR count). The van der Waals surface area contributed by atoms with Crippen LogP contribution < -0.4 is 10.1 Å². The Morgan fingerprint density at radius 3 is 2.76 bits per heavy atom. The third-order valence-corrected chi connectivity index (χ3v) is 4.09. The summed E-state index contributed by atoms with van der Waals surface area (Å²) >= 11 is 0. The van der Waals surface area contributed by atoms with Gasteiger partial charge in [-0.05, 0) is 32.0 Å². The van der Waals surface area contributed by atoms with Crippen LogP contribution in [0.5, 0.6) is 5.75 Å². The molecule has 6 nitrogen and oxygen atoms in total. The van der Waals surface area contributed by atoms with Crippen LogP contribution in [0.3, 0.4) is 0 Å². The lowest BCUT2D eigenvalue weighted by atomic mass is 9.92. The van der Waals surface area contributed by atoms with E-state index >= 15 is 0 Å². The Kier molecular flexibility index (Phi) is 4.37. The van der Waals surface area contributed by atoms with Gasteiger partial charge in [-0.1, -0.05) is 19.0 Å².